The van der Waals surface area contributed by atoms with Crippen LogP contribution in [0.15, 0.2) is 42.7 Å². The van der Waals surface area contributed by atoms with Crippen molar-refractivity contribution < 1.29 is 5.11 Å². The molecule has 0 spiro atoms. The first-order valence-corrected chi connectivity index (χ1v) is 7.82. The van der Waals surface area contributed by atoms with Gasteiger partial charge in [0.25, 0.3) is 5.88 Å². The van der Waals surface area contributed by atoms with Gasteiger partial charge in [0.15, 0.2) is 5.82 Å². The van der Waals surface area contributed by atoms with Crippen LogP contribution in [-0.2, 0) is 7.05 Å². The molecular weight excluding hydrogens is 340 g/mol. The summed E-state index contributed by atoms with van der Waals surface area (Å²) in [4.78, 5) is 12.8. The van der Waals surface area contributed by atoms with Gasteiger partial charge in [-0.3, -0.25) is 9.67 Å². The zero-order valence-electron chi connectivity index (χ0n) is 13.2. The molecular formula is C17H13ClN6O. The van der Waals surface area contributed by atoms with Crippen molar-refractivity contribution in [3.63, 3.8) is 0 Å². The van der Waals surface area contributed by atoms with Crippen molar-refractivity contribution in [2.75, 3.05) is 5.73 Å². The zero-order valence-corrected chi connectivity index (χ0v) is 13.9. The number of nitrogens with two attached hydrogens (primary N) is 1. The van der Waals surface area contributed by atoms with Crippen molar-refractivity contribution in [2.24, 2.45) is 7.05 Å². The number of aryl methyl sites for hydroxylation is 1. The molecule has 7 nitrogen and oxygen atoms in total. The summed E-state index contributed by atoms with van der Waals surface area (Å²) in [6, 6.07) is 9.16. The Morgan fingerprint density at radius 2 is 2.00 bits per heavy atom. The minimum atomic E-state index is -0.336. The Balaban J connectivity index is 2.00. The molecule has 0 bridgehead atoms. The molecule has 4 aromatic rings. The van der Waals surface area contributed by atoms with Gasteiger partial charge in [0.1, 0.15) is 17.1 Å². The van der Waals surface area contributed by atoms with E-state index in [1.165, 1.54) is 0 Å². The molecule has 3 N–H and O–H groups in total. The highest BCUT2D eigenvalue weighted by atomic mass is 35.5. The summed E-state index contributed by atoms with van der Waals surface area (Å²) in [5, 5.41) is 15.6. The van der Waals surface area contributed by atoms with Gasteiger partial charge < -0.3 is 10.8 Å². The minimum absolute atomic E-state index is 0.0574. The van der Waals surface area contributed by atoms with Crippen molar-refractivity contribution in [2.45, 2.75) is 0 Å². The molecule has 124 valence electrons. The van der Waals surface area contributed by atoms with Gasteiger partial charge in [0, 0.05) is 30.4 Å². The molecule has 8 heteroatoms. The summed E-state index contributed by atoms with van der Waals surface area (Å²) >= 11 is 6.37. The number of halogens is 1. The summed E-state index contributed by atoms with van der Waals surface area (Å²) in [5.74, 6) is -0.393. The maximum Gasteiger partial charge on any atom is 0.255 e. The van der Waals surface area contributed by atoms with Crippen molar-refractivity contribution in [1.29, 1.82) is 0 Å². The number of pyridine rings is 1. The Labute approximate surface area is 147 Å². The third kappa shape index (κ3) is 2.64. The van der Waals surface area contributed by atoms with Crippen LogP contribution in [-0.4, -0.2) is 29.8 Å². The monoisotopic (exact) mass is 352 g/mol. The van der Waals surface area contributed by atoms with E-state index in [1.54, 1.807) is 36.3 Å². The van der Waals surface area contributed by atoms with Crippen LogP contribution in [0.1, 0.15) is 0 Å². The summed E-state index contributed by atoms with van der Waals surface area (Å²) in [7, 11) is 1.80. The number of nitrogen functional groups attached to an aromatic ring is 1. The van der Waals surface area contributed by atoms with Crippen molar-refractivity contribution >= 4 is 28.3 Å². The molecule has 0 radical (unpaired) electrons. The predicted molar refractivity (Wildman–Crippen MR) is 96.1 cm³/mol. The lowest BCUT2D eigenvalue weighted by Crippen LogP contribution is -2.00. The topological polar surface area (TPSA) is 103 Å². The van der Waals surface area contributed by atoms with Gasteiger partial charge >= 0.3 is 0 Å². The quantitative estimate of drug-likeness (QED) is 0.574. The fraction of sp³-hybridized carbons (Fsp3) is 0.0588. The Hall–Kier alpha value is -3.19. The van der Waals surface area contributed by atoms with Gasteiger partial charge in [-0.2, -0.15) is 5.10 Å². The van der Waals surface area contributed by atoms with E-state index in [-0.39, 0.29) is 11.7 Å². The maximum atomic E-state index is 9.95. The average molecular weight is 353 g/mol. The molecule has 0 fully saturated rings. The molecule has 0 aliphatic carbocycles. The number of nitrogens with zero attached hydrogens (tertiary/aromatic N) is 5. The smallest absolute Gasteiger partial charge is 0.255 e. The van der Waals surface area contributed by atoms with Crippen LogP contribution in [0.5, 0.6) is 5.88 Å². The highest BCUT2D eigenvalue weighted by Gasteiger charge is 2.18. The molecule has 25 heavy (non-hydrogen) atoms. The van der Waals surface area contributed by atoms with Gasteiger partial charge in [-0.25, -0.2) is 9.97 Å². The lowest BCUT2D eigenvalue weighted by atomic mass is 10.0. The second-order valence-electron chi connectivity index (χ2n) is 5.54. The number of fused-ring (bicyclic) bond motifs is 1. The number of anilines is 1. The van der Waals surface area contributed by atoms with Gasteiger partial charge in [-0.05, 0) is 24.3 Å². The van der Waals surface area contributed by atoms with E-state index in [2.05, 4.69) is 20.1 Å². The van der Waals surface area contributed by atoms with Crippen LogP contribution in [0, 0.1) is 0 Å². The van der Waals surface area contributed by atoms with E-state index >= 15 is 0 Å². The van der Waals surface area contributed by atoms with Gasteiger partial charge in [-0.1, -0.05) is 17.7 Å². The van der Waals surface area contributed by atoms with E-state index in [0.29, 0.717) is 33.2 Å². The van der Waals surface area contributed by atoms with Gasteiger partial charge in [0.05, 0.1) is 10.5 Å². The molecule has 1 aromatic carbocycles. The standard InChI is InChI=1S/C17H13ClN6O/c1-24-6-4-12(23-24)15-14(22-17(25)16(19)21-15)10-7-9-3-2-5-20-13(9)11(18)8-10/h2-8H,1H3,(H2,19,21)(H,22,25). The van der Waals surface area contributed by atoms with Gasteiger partial charge in [0.2, 0.25) is 0 Å². The number of aromatic hydroxyl groups is 1. The molecule has 0 amide bonds. The Morgan fingerprint density at radius 1 is 1.16 bits per heavy atom. The molecule has 0 unspecified atom stereocenters. The third-order valence-electron chi connectivity index (χ3n) is 3.79. The van der Waals surface area contributed by atoms with Crippen molar-refractivity contribution in [3.05, 3.63) is 47.7 Å². The molecule has 0 saturated carbocycles. The van der Waals surface area contributed by atoms with E-state index in [0.717, 1.165) is 5.39 Å². The van der Waals surface area contributed by atoms with Crippen LogP contribution < -0.4 is 5.73 Å². The summed E-state index contributed by atoms with van der Waals surface area (Å²) in [6.07, 6.45) is 3.48. The maximum absolute atomic E-state index is 9.95. The van der Waals surface area contributed by atoms with Gasteiger partial charge in [-0.15, -0.1) is 0 Å². The largest absolute Gasteiger partial charge is 0.491 e. The molecule has 3 heterocycles. The first kappa shape index (κ1) is 15.3. The number of hydrogen-bond acceptors (Lipinski definition) is 6. The predicted octanol–water partition coefficient (Wildman–Crippen LogP) is 3.03. The van der Waals surface area contributed by atoms with Crippen LogP contribution in [0.3, 0.4) is 0 Å². The zero-order chi connectivity index (χ0) is 17.6. The molecule has 0 atom stereocenters. The average Bonchev–Trinajstić information content (AvgIpc) is 3.03. The van der Waals surface area contributed by atoms with E-state index < -0.39 is 0 Å². The highest BCUT2D eigenvalue weighted by molar-refractivity contribution is 6.35. The van der Waals surface area contributed by atoms with Crippen molar-refractivity contribution in [1.82, 2.24) is 24.7 Å². The summed E-state index contributed by atoms with van der Waals surface area (Å²) in [6.45, 7) is 0. The Bertz CT molecular complexity index is 1110. The normalized spacial score (nSPS) is 11.1. The molecule has 3 aromatic heterocycles. The van der Waals surface area contributed by atoms with Crippen LogP contribution in [0.25, 0.3) is 33.5 Å². The summed E-state index contributed by atoms with van der Waals surface area (Å²) < 4.78 is 1.65. The Kier molecular flexibility index (Phi) is 3.51. The second kappa shape index (κ2) is 5.71. The van der Waals surface area contributed by atoms with Crippen molar-refractivity contribution in [3.8, 4) is 28.5 Å². The van der Waals surface area contributed by atoms with E-state index in [1.807, 2.05) is 18.2 Å². The fourth-order valence-electron chi connectivity index (χ4n) is 2.65. The lowest BCUT2D eigenvalue weighted by molar-refractivity contribution is 0.455. The first-order chi connectivity index (χ1) is 12.0. The molecule has 0 aliphatic rings. The fourth-order valence-corrected chi connectivity index (χ4v) is 2.92. The van der Waals surface area contributed by atoms with E-state index in [9.17, 15) is 5.11 Å². The first-order valence-electron chi connectivity index (χ1n) is 7.44. The van der Waals surface area contributed by atoms with Crippen LogP contribution in [0.2, 0.25) is 5.02 Å². The molecule has 0 aliphatic heterocycles. The SMILES string of the molecule is Cn1ccc(-c2nc(N)c(O)nc2-c2cc(Cl)c3ncccc3c2)n1. The number of rotatable bonds is 2. The van der Waals surface area contributed by atoms with Crippen LogP contribution in [0.4, 0.5) is 5.82 Å². The molecule has 4 rings (SSSR count). The summed E-state index contributed by atoms with van der Waals surface area (Å²) in [5.41, 5.74) is 8.63. The number of benzene rings is 1. The third-order valence-corrected chi connectivity index (χ3v) is 4.08. The van der Waals surface area contributed by atoms with E-state index in [4.69, 9.17) is 17.3 Å². The minimum Gasteiger partial charge on any atom is -0.491 e. The highest BCUT2D eigenvalue weighted by Crippen LogP contribution is 2.35. The Morgan fingerprint density at radius 3 is 2.76 bits per heavy atom. The molecule has 0 saturated heterocycles. The number of hydrogen-bond donors (Lipinski definition) is 2. The lowest BCUT2D eigenvalue weighted by Gasteiger charge is -2.10. The number of aromatic nitrogens is 5. The van der Waals surface area contributed by atoms with Crippen LogP contribution >= 0.6 is 11.6 Å². The second-order valence-corrected chi connectivity index (χ2v) is 5.94.